The van der Waals surface area contributed by atoms with Crippen LogP contribution in [0.4, 0.5) is 5.95 Å². The van der Waals surface area contributed by atoms with Gasteiger partial charge in [0.25, 0.3) is 0 Å². The number of hydrogen-bond donors (Lipinski definition) is 3. The number of anilines is 1. The van der Waals surface area contributed by atoms with Gasteiger partial charge >= 0.3 is 5.97 Å². The van der Waals surface area contributed by atoms with Gasteiger partial charge in [-0.3, -0.25) is 0 Å². The standard InChI is InChI=1S/C22H16ClN3O3/c1-24-22-25-11-18-16(14-3-2-4-15(23)9-14)10-17(20(27)19(18)26-22)12-5-7-13(8-6-12)21(28)29/h2-11,27H,1H3,(H,28,29)(H,24,25,26). The molecule has 0 saturated heterocycles. The minimum atomic E-state index is -1.01. The molecule has 0 unspecified atom stereocenters. The molecule has 0 aliphatic carbocycles. The number of aromatic nitrogens is 2. The number of carboxylic acid groups (broad SMARTS) is 1. The third-order valence-corrected chi connectivity index (χ3v) is 4.88. The molecule has 0 aliphatic rings. The van der Waals surface area contributed by atoms with Gasteiger partial charge in [0, 0.05) is 29.2 Å². The second-order valence-electron chi connectivity index (χ2n) is 6.42. The summed E-state index contributed by atoms with van der Waals surface area (Å²) < 4.78 is 0. The zero-order valence-corrected chi connectivity index (χ0v) is 16.1. The van der Waals surface area contributed by atoms with E-state index in [1.54, 1.807) is 31.4 Å². The van der Waals surface area contributed by atoms with Crippen LogP contribution in [0, 0.1) is 0 Å². The van der Waals surface area contributed by atoms with E-state index in [0.29, 0.717) is 33.0 Å². The molecule has 0 amide bonds. The third kappa shape index (κ3) is 3.46. The first kappa shape index (κ1) is 18.7. The minimum Gasteiger partial charge on any atom is -0.505 e. The average molecular weight is 406 g/mol. The van der Waals surface area contributed by atoms with Gasteiger partial charge in [0.15, 0.2) is 0 Å². The predicted molar refractivity (Wildman–Crippen MR) is 114 cm³/mol. The minimum absolute atomic E-state index is 0.00671. The van der Waals surface area contributed by atoms with Crippen LogP contribution in [0.25, 0.3) is 33.2 Å². The molecule has 4 aromatic rings. The van der Waals surface area contributed by atoms with Crippen molar-refractivity contribution in [3.05, 3.63) is 71.4 Å². The lowest BCUT2D eigenvalue weighted by Crippen LogP contribution is -1.98. The first-order chi connectivity index (χ1) is 14.0. The molecule has 1 heterocycles. The lowest BCUT2D eigenvalue weighted by Gasteiger charge is -2.14. The van der Waals surface area contributed by atoms with Crippen molar-refractivity contribution in [2.45, 2.75) is 0 Å². The Morgan fingerprint density at radius 1 is 1.03 bits per heavy atom. The van der Waals surface area contributed by atoms with Gasteiger partial charge < -0.3 is 15.5 Å². The number of hydrogen-bond acceptors (Lipinski definition) is 5. The Morgan fingerprint density at radius 3 is 2.45 bits per heavy atom. The second kappa shape index (κ2) is 7.41. The highest BCUT2D eigenvalue weighted by Gasteiger charge is 2.17. The summed E-state index contributed by atoms with van der Waals surface area (Å²) in [5.41, 5.74) is 3.42. The van der Waals surface area contributed by atoms with E-state index < -0.39 is 5.97 Å². The van der Waals surface area contributed by atoms with Gasteiger partial charge in [-0.25, -0.2) is 14.8 Å². The molecule has 0 aliphatic heterocycles. The van der Waals surface area contributed by atoms with E-state index in [1.807, 2.05) is 24.3 Å². The summed E-state index contributed by atoms with van der Waals surface area (Å²) in [5, 5.41) is 24.2. The smallest absolute Gasteiger partial charge is 0.335 e. The number of fused-ring (bicyclic) bond motifs is 1. The number of nitrogens with zero attached hydrogens (tertiary/aromatic N) is 2. The van der Waals surface area contributed by atoms with Crippen LogP contribution in [0.5, 0.6) is 5.75 Å². The Hall–Kier alpha value is -3.64. The summed E-state index contributed by atoms with van der Waals surface area (Å²) in [5.74, 6) is -0.638. The van der Waals surface area contributed by atoms with Crippen LogP contribution < -0.4 is 5.32 Å². The van der Waals surface area contributed by atoms with Crippen LogP contribution in [0.3, 0.4) is 0 Å². The first-order valence-electron chi connectivity index (χ1n) is 8.78. The molecule has 29 heavy (non-hydrogen) atoms. The highest BCUT2D eigenvalue weighted by atomic mass is 35.5. The van der Waals surface area contributed by atoms with E-state index in [1.165, 1.54) is 12.1 Å². The molecule has 3 N–H and O–H groups in total. The van der Waals surface area contributed by atoms with Crippen molar-refractivity contribution < 1.29 is 15.0 Å². The summed E-state index contributed by atoms with van der Waals surface area (Å²) in [6.45, 7) is 0. The van der Waals surface area contributed by atoms with Crippen molar-refractivity contribution in [2.75, 3.05) is 12.4 Å². The molecule has 6 nitrogen and oxygen atoms in total. The fourth-order valence-corrected chi connectivity index (χ4v) is 3.40. The molecular formula is C22H16ClN3O3. The normalized spacial score (nSPS) is 10.8. The summed E-state index contributed by atoms with van der Waals surface area (Å²) in [7, 11) is 1.70. The number of aromatic hydroxyl groups is 1. The first-order valence-corrected chi connectivity index (χ1v) is 9.16. The Bertz CT molecular complexity index is 1240. The maximum absolute atomic E-state index is 11.1. The number of aromatic carboxylic acids is 1. The zero-order chi connectivity index (χ0) is 20.5. The van der Waals surface area contributed by atoms with Gasteiger partial charge in [0.05, 0.1) is 5.56 Å². The molecule has 0 saturated carbocycles. The van der Waals surface area contributed by atoms with Crippen LogP contribution in [0.15, 0.2) is 60.8 Å². The Balaban J connectivity index is 2.01. The number of rotatable bonds is 4. The number of carboxylic acids is 1. The van der Waals surface area contributed by atoms with Crippen molar-refractivity contribution in [2.24, 2.45) is 0 Å². The van der Waals surface area contributed by atoms with E-state index in [4.69, 9.17) is 16.7 Å². The number of phenolic OH excluding ortho intramolecular Hbond substituents is 1. The predicted octanol–water partition coefficient (Wildman–Crippen LogP) is 5.06. The van der Waals surface area contributed by atoms with Crippen molar-refractivity contribution in [3.63, 3.8) is 0 Å². The maximum Gasteiger partial charge on any atom is 0.335 e. The summed E-state index contributed by atoms with van der Waals surface area (Å²) in [6.07, 6.45) is 1.65. The molecule has 3 aromatic carbocycles. The molecule has 144 valence electrons. The molecule has 7 heteroatoms. The van der Waals surface area contributed by atoms with E-state index in [-0.39, 0.29) is 11.3 Å². The second-order valence-corrected chi connectivity index (χ2v) is 6.86. The van der Waals surface area contributed by atoms with Gasteiger partial charge in [-0.1, -0.05) is 35.9 Å². The van der Waals surface area contributed by atoms with Crippen molar-refractivity contribution >= 4 is 34.4 Å². The molecule has 0 radical (unpaired) electrons. The average Bonchev–Trinajstić information content (AvgIpc) is 2.74. The fraction of sp³-hybridized carbons (Fsp3) is 0.0455. The summed E-state index contributed by atoms with van der Waals surface area (Å²) in [4.78, 5) is 19.9. The molecule has 0 bridgehead atoms. The van der Waals surface area contributed by atoms with Crippen LogP contribution in [0.1, 0.15) is 10.4 Å². The molecule has 4 rings (SSSR count). The molecule has 0 fully saturated rings. The van der Waals surface area contributed by atoms with Crippen molar-refractivity contribution in [3.8, 4) is 28.0 Å². The number of nitrogens with one attached hydrogen (secondary N) is 1. The Labute approximate surface area is 171 Å². The number of phenols is 1. The largest absolute Gasteiger partial charge is 0.505 e. The lowest BCUT2D eigenvalue weighted by atomic mass is 9.94. The van der Waals surface area contributed by atoms with Crippen molar-refractivity contribution in [1.82, 2.24) is 9.97 Å². The Kier molecular flexibility index (Phi) is 4.78. The number of carbonyl (C=O) groups is 1. The third-order valence-electron chi connectivity index (χ3n) is 4.65. The molecule has 1 aromatic heterocycles. The monoisotopic (exact) mass is 405 g/mol. The SMILES string of the molecule is CNc1ncc2c(-c3cccc(Cl)c3)cc(-c3ccc(C(=O)O)cc3)c(O)c2n1. The maximum atomic E-state index is 11.1. The summed E-state index contributed by atoms with van der Waals surface area (Å²) in [6, 6.07) is 15.5. The topological polar surface area (TPSA) is 95.3 Å². The van der Waals surface area contributed by atoms with Gasteiger partial charge in [0.1, 0.15) is 11.3 Å². The molecule has 0 atom stereocenters. The van der Waals surface area contributed by atoms with Crippen LogP contribution in [-0.2, 0) is 0 Å². The van der Waals surface area contributed by atoms with Crippen molar-refractivity contribution in [1.29, 1.82) is 0 Å². The molecule has 0 spiro atoms. The van der Waals surface area contributed by atoms with Crippen LogP contribution >= 0.6 is 11.6 Å². The van der Waals surface area contributed by atoms with Crippen LogP contribution in [0.2, 0.25) is 5.02 Å². The number of benzene rings is 3. The highest BCUT2D eigenvalue weighted by Crippen LogP contribution is 2.41. The number of halogens is 1. The highest BCUT2D eigenvalue weighted by molar-refractivity contribution is 6.31. The van der Waals surface area contributed by atoms with E-state index in [9.17, 15) is 9.90 Å². The van der Waals surface area contributed by atoms with Gasteiger partial charge in [-0.05, 0) is 47.0 Å². The summed E-state index contributed by atoms with van der Waals surface area (Å²) >= 11 is 6.18. The molecular weight excluding hydrogens is 390 g/mol. The van der Waals surface area contributed by atoms with Crippen LogP contribution in [-0.4, -0.2) is 33.2 Å². The van der Waals surface area contributed by atoms with Gasteiger partial charge in [-0.2, -0.15) is 0 Å². The van der Waals surface area contributed by atoms with E-state index >= 15 is 0 Å². The van der Waals surface area contributed by atoms with E-state index in [2.05, 4.69) is 15.3 Å². The van der Waals surface area contributed by atoms with Gasteiger partial charge in [0.2, 0.25) is 5.95 Å². The quantitative estimate of drug-likeness (QED) is 0.439. The van der Waals surface area contributed by atoms with E-state index in [0.717, 1.165) is 11.1 Å². The zero-order valence-electron chi connectivity index (χ0n) is 15.3. The lowest BCUT2D eigenvalue weighted by molar-refractivity contribution is 0.0697. The fourth-order valence-electron chi connectivity index (χ4n) is 3.21. The van der Waals surface area contributed by atoms with Gasteiger partial charge in [-0.15, -0.1) is 0 Å². The Morgan fingerprint density at radius 2 is 1.79 bits per heavy atom.